The molecule has 5 heteroatoms. The van der Waals surface area contributed by atoms with Crippen molar-refractivity contribution in [2.45, 2.75) is 50.7 Å². The summed E-state index contributed by atoms with van der Waals surface area (Å²) in [6, 6.07) is 0.153. The largest absolute Gasteiger partial charge is 0.325 e. The van der Waals surface area contributed by atoms with Crippen molar-refractivity contribution in [3.05, 3.63) is 0 Å². The number of nitrogens with one attached hydrogen (secondary N) is 2. The molecule has 1 unspecified atom stereocenters. The third kappa shape index (κ3) is 2.52. The summed E-state index contributed by atoms with van der Waals surface area (Å²) in [7, 11) is 1.51. The molecule has 0 aromatic rings. The number of amides is 3. The Morgan fingerprint density at radius 3 is 2.56 bits per heavy atom. The Kier molecular flexibility index (Phi) is 3.43. The second-order valence-corrected chi connectivity index (χ2v) is 4.66. The monoisotopic (exact) mass is 225 g/mol. The third-order valence-electron chi connectivity index (χ3n) is 3.40. The van der Waals surface area contributed by atoms with Crippen LogP contribution in [0, 0.1) is 0 Å². The van der Waals surface area contributed by atoms with Gasteiger partial charge in [-0.15, -0.1) is 0 Å². The zero-order valence-corrected chi connectivity index (χ0v) is 9.66. The highest BCUT2D eigenvalue weighted by molar-refractivity contribution is 5.96. The molecule has 1 aliphatic heterocycles. The minimum Gasteiger partial charge on any atom is -0.322 e. The topological polar surface area (TPSA) is 61.4 Å². The first-order valence-electron chi connectivity index (χ1n) is 6.00. The van der Waals surface area contributed by atoms with E-state index in [4.69, 9.17) is 0 Å². The number of imide groups is 1. The lowest BCUT2D eigenvalue weighted by atomic mass is 9.95. The highest BCUT2D eigenvalue weighted by Gasteiger charge is 2.30. The molecular formula is C11H19N3O2. The Morgan fingerprint density at radius 2 is 1.94 bits per heavy atom. The van der Waals surface area contributed by atoms with Crippen molar-refractivity contribution in [1.29, 1.82) is 0 Å². The lowest BCUT2D eigenvalue weighted by molar-refractivity contribution is -0.129. The molecule has 2 fully saturated rings. The van der Waals surface area contributed by atoms with E-state index in [-0.39, 0.29) is 18.1 Å². The number of carbonyl (C=O) groups excluding carboxylic acids is 2. The zero-order valence-electron chi connectivity index (χ0n) is 9.66. The van der Waals surface area contributed by atoms with Crippen LogP contribution in [0.4, 0.5) is 4.79 Å². The summed E-state index contributed by atoms with van der Waals surface area (Å²) in [5.74, 6) is -0.114. The summed E-state index contributed by atoms with van der Waals surface area (Å²) in [6.07, 6.45) is 6.26. The van der Waals surface area contributed by atoms with Gasteiger partial charge in [-0.1, -0.05) is 19.3 Å². The fourth-order valence-electron chi connectivity index (χ4n) is 2.38. The van der Waals surface area contributed by atoms with Crippen LogP contribution >= 0.6 is 0 Å². The van der Waals surface area contributed by atoms with Gasteiger partial charge in [0.25, 0.3) is 0 Å². The van der Waals surface area contributed by atoms with E-state index in [1.165, 1.54) is 26.3 Å². The summed E-state index contributed by atoms with van der Waals surface area (Å²) >= 11 is 0. The van der Waals surface area contributed by atoms with E-state index < -0.39 is 0 Å². The maximum atomic E-state index is 11.5. The van der Waals surface area contributed by atoms with Crippen molar-refractivity contribution >= 4 is 11.9 Å². The first-order chi connectivity index (χ1) is 7.66. The average Bonchev–Trinajstić information content (AvgIpc) is 2.27. The Hall–Kier alpha value is -1.10. The number of urea groups is 1. The summed E-state index contributed by atoms with van der Waals surface area (Å²) in [5.41, 5.74) is 0. The van der Waals surface area contributed by atoms with Gasteiger partial charge in [-0.25, -0.2) is 4.79 Å². The second-order valence-electron chi connectivity index (χ2n) is 4.66. The number of nitrogens with zero attached hydrogens (tertiary/aromatic N) is 1. The second kappa shape index (κ2) is 4.82. The molecule has 0 radical (unpaired) electrons. The maximum absolute atomic E-state index is 11.5. The molecule has 2 rings (SSSR count). The van der Waals surface area contributed by atoms with Crippen molar-refractivity contribution < 1.29 is 9.59 Å². The van der Waals surface area contributed by atoms with E-state index in [9.17, 15) is 9.59 Å². The van der Waals surface area contributed by atoms with Gasteiger partial charge in [0.1, 0.15) is 0 Å². The van der Waals surface area contributed by atoms with Crippen molar-refractivity contribution in [2.24, 2.45) is 0 Å². The fraction of sp³-hybridized carbons (Fsp3) is 0.818. The Morgan fingerprint density at radius 1 is 1.25 bits per heavy atom. The highest BCUT2D eigenvalue weighted by Crippen LogP contribution is 2.18. The molecule has 2 N–H and O–H groups in total. The first kappa shape index (κ1) is 11.4. The van der Waals surface area contributed by atoms with Crippen LogP contribution in [0.5, 0.6) is 0 Å². The van der Waals surface area contributed by atoms with Crippen LogP contribution < -0.4 is 10.6 Å². The number of carbonyl (C=O) groups is 2. The molecule has 1 saturated heterocycles. The Labute approximate surface area is 95.6 Å². The molecule has 0 aromatic heterocycles. The van der Waals surface area contributed by atoms with Crippen LogP contribution in [0.25, 0.3) is 0 Å². The minimum absolute atomic E-state index is 0.114. The van der Waals surface area contributed by atoms with Crippen LogP contribution in [0.2, 0.25) is 0 Å². The van der Waals surface area contributed by atoms with Gasteiger partial charge in [0.15, 0.2) is 0 Å². The molecule has 16 heavy (non-hydrogen) atoms. The molecule has 0 aromatic carbocycles. The van der Waals surface area contributed by atoms with Gasteiger partial charge in [0.05, 0.1) is 12.6 Å². The third-order valence-corrected chi connectivity index (χ3v) is 3.40. The first-order valence-corrected chi connectivity index (χ1v) is 6.00. The molecular weight excluding hydrogens is 206 g/mol. The summed E-state index contributed by atoms with van der Waals surface area (Å²) in [4.78, 5) is 24.0. The number of hydrogen-bond donors (Lipinski definition) is 2. The van der Waals surface area contributed by atoms with Gasteiger partial charge >= 0.3 is 6.03 Å². The van der Waals surface area contributed by atoms with E-state index in [0.717, 1.165) is 17.7 Å². The predicted molar refractivity (Wildman–Crippen MR) is 59.7 cm³/mol. The highest BCUT2D eigenvalue weighted by atomic mass is 16.2. The van der Waals surface area contributed by atoms with Gasteiger partial charge in [0, 0.05) is 13.1 Å². The molecule has 1 heterocycles. The summed E-state index contributed by atoms with van der Waals surface area (Å²) in [5, 5.41) is 6.16. The van der Waals surface area contributed by atoms with Crippen molar-refractivity contribution in [3.8, 4) is 0 Å². The molecule has 0 spiro atoms. The SMILES string of the molecule is CN1C(=O)CC(NC2CCCCC2)NC1=O. The minimum atomic E-state index is -0.301. The maximum Gasteiger partial charge on any atom is 0.325 e. The standard InChI is InChI=1S/C11H19N3O2/c1-14-10(15)7-9(13-11(14)16)12-8-5-3-2-4-6-8/h8-9,12H,2-7H2,1H3,(H,13,16). The summed E-state index contributed by atoms with van der Waals surface area (Å²) < 4.78 is 0. The van der Waals surface area contributed by atoms with Gasteiger partial charge in [0.2, 0.25) is 5.91 Å². The predicted octanol–water partition coefficient (Wildman–Crippen LogP) is 0.806. The molecule has 1 saturated carbocycles. The number of hydrogen-bond acceptors (Lipinski definition) is 3. The fourth-order valence-corrected chi connectivity index (χ4v) is 2.38. The van der Waals surface area contributed by atoms with Crippen molar-refractivity contribution in [3.63, 3.8) is 0 Å². The molecule has 3 amide bonds. The van der Waals surface area contributed by atoms with Crippen LogP contribution in [0.15, 0.2) is 0 Å². The van der Waals surface area contributed by atoms with Gasteiger partial charge in [-0.2, -0.15) is 0 Å². The lowest BCUT2D eigenvalue weighted by Gasteiger charge is -2.33. The van der Waals surface area contributed by atoms with E-state index in [0.29, 0.717) is 12.5 Å². The normalized spacial score (nSPS) is 28.1. The van der Waals surface area contributed by atoms with Crippen LogP contribution in [-0.2, 0) is 4.79 Å². The Bertz CT molecular complexity index is 269. The van der Waals surface area contributed by atoms with Gasteiger partial charge in [-0.3, -0.25) is 15.0 Å². The van der Waals surface area contributed by atoms with E-state index >= 15 is 0 Å². The summed E-state index contributed by atoms with van der Waals surface area (Å²) in [6.45, 7) is 0. The van der Waals surface area contributed by atoms with Crippen molar-refractivity contribution in [1.82, 2.24) is 15.5 Å². The Balaban J connectivity index is 1.85. The molecule has 2 aliphatic rings. The zero-order chi connectivity index (χ0) is 11.5. The molecule has 1 aliphatic carbocycles. The van der Waals surface area contributed by atoms with Crippen LogP contribution in [-0.4, -0.2) is 36.1 Å². The molecule has 1 atom stereocenters. The van der Waals surface area contributed by atoms with E-state index in [1.54, 1.807) is 0 Å². The lowest BCUT2D eigenvalue weighted by Crippen LogP contribution is -2.59. The average molecular weight is 225 g/mol. The molecule has 5 nitrogen and oxygen atoms in total. The number of rotatable bonds is 2. The smallest absolute Gasteiger partial charge is 0.322 e. The van der Waals surface area contributed by atoms with E-state index in [1.807, 2.05) is 0 Å². The van der Waals surface area contributed by atoms with Crippen LogP contribution in [0.3, 0.4) is 0 Å². The molecule has 0 bridgehead atoms. The van der Waals surface area contributed by atoms with Crippen LogP contribution in [0.1, 0.15) is 38.5 Å². The molecule has 90 valence electrons. The van der Waals surface area contributed by atoms with Gasteiger partial charge in [-0.05, 0) is 12.8 Å². The van der Waals surface area contributed by atoms with E-state index in [2.05, 4.69) is 10.6 Å². The van der Waals surface area contributed by atoms with Gasteiger partial charge < -0.3 is 5.32 Å². The quantitative estimate of drug-likeness (QED) is 0.731. The van der Waals surface area contributed by atoms with Crippen molar-refractivity contribution in [2.75, 3.05) is 7.05 Å².